The first-order chi connectivity index (χ1) is 11.8. The minimum absolute atomic E-state index is 0.00972. The average molecular weight is 370 g/mol. The predicted molar refractivity (Wildman–Crippen MR) is 94.5 cm³/mol. The fraction of sp³-hybridized carbons (Fsp3) is 0.556. The number of hydrogen-bond acceptors (Lipinski definition) is 6. The van der Waals surface area contributed by atoms with Gasteiger partial charge in [-0.2, -0.15) is 0 Å². The van der Waals surface area contributed by atoms with E-state index in [0.717, 1.165) is 25.7 Å². The second-order valence-electron chi connectivity index (χ2n) is 5.89. The van der Waals surface area contributed by atoms with Crippen LogP contribution in [0, 0.1) is 5.92 Å². The average Bonchev–Trinajstić information content (AvgIpc) is 2.63. The second kappa shape index (κ2) is 9.56. The van der Waals surface area contributed by atoms with Crippen molar-refractivity contribution >= 4 is 21.8 Å². The van der Waals surface area contributed by atoms with Crippen molar-refractivity contribution in [3.8, 4) is 0 Å². The van der Waals surface area contributed by atoms with Crippen LogP contribution in [0.1, 0.15) is 60.2 Å². The van der Waals surface area contributed by atoms with Gasteiger partial charge >= 0.3 is 11.9 Å². The Labute approximate surface area is 149 Å². The molecule has 6 nitrogen and oxygen atoms in total. The highest BCUT2D eigenvalue weighted by Crippen LogP contribution is 2.23. The number of methoxy groups -OCH3 is 2. The number of unbranched alkanes of at least 4 members (excludes halogenated alkanes) is 1. The maximum absolute atomic E-state index is 12.7. The third-order valence-electron chi connectivity index (χ3n) is 4.16. The summed E-state index contributed by atoms with van der Waals surface area (Å²) in [6.07, 6.45) is 3.60. The fourth-order valence-corrected chi connectivity index (χ4v) is 4.38. The maximum Gasteiger partial charge on any atom is 0.338 e. The molecule has 0 amide bonds. The van der Waals surface area contributed by atoms with Gasteiger partial charge in [-0.25, -0.2) is 18.0 Å². The van der Waals surface area contributed by atoms with E-state index < -0.39 is 21.8 Å². The smallest absolute Gasteiger partial charge is 0.338 e. The van der Waals surface area contributed by atoms with E-state index in [0.29, 0.717) is 0 Å². The van der Waals surface area contributed by atoms with Crippen molar-refractivity contribution in [1.82, 2.24) is 0 Å². The Balaban J connectivity index is 3.23. The number of ether oxygens (including phenoxy) is 2. The highest BCUT2D eigenvalue weighted by atomic mass is 32.2. The van der Waals surface area contributed by atoms with Gasteiger partial charge in [-0.3, -0.25) is 0 Å². The number of sulfone groups is 1. The molecule has 0 aromatic heterocycles. The van der Waals surface area contributed by atoms with Crippen molar-refractivity contribution in [2.75, 3.05) is 20.0 Å². The highest BCUT2D eigenvalue weighted by Gasteiger charge is 2.25. The zero-order valence-corrected chi connectivity index (χ0v) is 16.0. The number of benzene rings is 1. The molecule has 0 aliphatic carbocycles. The molecule has 7 heteroatoms. The largest absolute Gasteiger partial charge is 0.465 e. The molecule has 0 radical (unpaired) electrons. The van der Waals surface area contributed by atoms with E-state index in [2.05, 4.69) is 16.4 Å². The summed E-state index contributed by atoms with van der Waals surface area (Å²) >= 11 is 0. The van der Waals surface area contributed by atoms with Crippen molar-refractivity contribution in [1.29, 1.82) is 0 Å². The van der Waals surface area contributed by atoms with Gasteiger partial charge in [-0.05, 0) is 30.5 Å². The lowest BCUT2D eigenvalue weighted by Gasteiger charge is -2.15. The van der Waals surface area contributed by atoms with Gasteiger partial charge in [0.25, 0.3) is 0 Å². The molecule has 1 rings (SSSR count). The van der Waals surface area contributed by atoms with E-state index in [4.69, 9.17) is 0 Å². The molecule has 0 bridgehead atoms. The Kier molecular flexibility index (Phi) is 8.09. The summed E-state index contributed by atoms with van der Waals surface area (Å²) in [5.74, 6) is -1.43. The normalized spacial score (nSPS) is 12.5. The van der Waals surface area contributed by atoms with Gasteiger partial charge in [0, 0.05) is 0 Å². The number of esters is 2. The van der Waals surface area contributed by atoms with Crippen molar-refractivity contribution in [3.63, 3.8) is 0 Å². The minimum Gasteiger partial charge on any atom is -0.465 e. The Morgan fingerprint density at radius 3 is 2.16 bits per heavy atom. The third-order valence-corrected chi connectivity index (χ3v) is 6.04. The number of hydrogen-bond donors (Lipinski definition) is 0. The van der Waals surface area contributed by atoms with Gasteiger partial charge in [0.2, 0.25) is 0 Å². The molecular weight excluding hydrogens is 344 g/mol. The van der Waals surface area contributed by atoms with Crippen LogP contribution < -0.4 is 0 Å². The summed E-state index contributed by atoms with van der Waals surface area (Å²) in [5, 5.41) is 0. The Morgan fingerprint density at radius 2 is 1.64 bits per heavy atom. The molecule has 0 saturated carbocycles. The van der Waals surface area contributed by atoms with E-state index in [-0.39, 0.29) is 27.7 Å². The first kappa shape index (κ1) is 21.2. The van der Waals surface area contributed by atoms with E-state index >= 15 is 0 Å². The lowest BCUT2D eigenvalue weighted by Crippen LogP contribution is -2.18. The van der Waals surface area contributed by atoms with E-state index in [9.17, 15) is 18.0 Å². The lowest BCUT2D eigenvalue weighted by molar-refractivity contribution is 0.0555. The maximum atomic E-state index is 12.7. The van der Waals surface area contributed by atoms with E-state index in [1.54, 1.807) is 0 Å². The predicted octanol–water partition coefficient (Wildman–Crippen LogP) is 3.25. The van der Waals surface area contributed by atoms with Gasteiger partial charge in [0.15, 0.2) is 9.84 Å². The summed E-state index contributed by atoms with van der Waals surface area (Å²) in [6.45, 7) is 4.03. The molecule has 1 aromatic rings. The molecule has 0 aliphatic rings. The van der Waals surface area contributed by atoms with Gasteiger partial charge in [0.05, 0.1) is 36.0 Å². The summed E-state index contributed by atoms with van der Waals surface area (Å²) in [4.78, 5) is 23.7. The monoisotopic (exact) mass is 370 g/mol. The Morgan fingerprint density at radius 1 is 1.04 bits per heavy atom. The first-order valence-corrected chi connectivity index (χ1v) is 9.99. The summed E-state index contributed by atoms with van der Waals surface area (Å²) in [5.41, 5.74) is -0.136. The van der Waals surface area contributed by atoms with Crippen molar-refractivity contribution in [2.45, 2.75) is 44.4 Å². The van der Waals surface area contributed by atoms with Crippen LogP contribution in [-0.2, 0) is 19.3 Å². The summed E-state index contributed by atoms with van der Waals surface area (Å²) in [6, 6.07) is 3.82. The molecule has 0 aliphatic heterocycles. The fourth-order valence-electron chi connectivity index (χ4n) is 2.59. The molecule has 0 fully saturated rings. The van der Waals surface area contributed by atoms with E-state index in [1.165, 1.54) is 32.4 Å². The van der Waals surface area contributed by atoms with Crippen LogP contribution in [0.25, 0.3) is 0 Å². The zero-order chi connectivity index (χ0) is 19.0. The first-order valence-electron chi connectivity index (χ1n) is 8.34. The van der Waals surface area contributed by atoms with Crippen LogP contribution in [0.15, 0.2) is 23.1 Å². The quantitative estimate of drug-likeness (QED) is 0.620. The summed E-state index contributed by atoms with van der Waals surface area (Å²) < 4.78 is 34.7. The Bertz CT molecular complexity index is 708. The SMILES string of the molecule is CCCCC(CC)CS(=O)(=O)c1ccc(C(=O)OC)c(C(=O)OC)c1. The molecule has 1 aromatic carbocycles. The Hall–Kier alpha value is -1.89. The van der Waals surface area contributed by atoms with Crippen molar-refractivity contribution in [2.24, 2.45) is 5.92 Å². The minimum atomic E-state index is -3.58. The summed E-state index contributed by atoms with van der Waals surface area (Å²) in [7, 11) is -1.22. The van der Waals surface area contributed by atoms with Crippen LogP contribution >= 0.6 is 0 Å². The topological polar surface area (TPSA) is 86.7 Å². The number of carbonyl (C=O) groups excluding carboxylic acids is 2. The van der Waals surface area contributed by atoms with Crippen LogP contribution in [0.3, 0.4) is 0 Å². The van der Waals surface area contributed by atoms with Crippen LogP contribution in [-0.4, -0.2) is 40.3 Å². The van der Waals surface area contributed by atoms with Crippen LogP contribution in [0.5, 0.6) is 0 Å². The van der Waals surface area contributed by atoms with E-state index in [1.807, 2.05) is 6.92 Å². The molecule has 0 N–H and O–H groups in total. The van der Waals surface area contributed by atoms with Crippen molar-refractivity contribution in [3.05, 3.63) is 29.3 Å². The van der Waals surface area contributed by atoms with Crippen LogP contribution in [0.4, 0.5) is 0 Å². The molecule has 0 saturated heterocycles. The molecule has 25 heavy (non-hydrogen) atoms. The van der Waals surface area contributed by atoms with Crippen molar-refractivity contribution < 1.29 is 27.5 Å². The van der Waals surface area contributed by atoms with Gasteiger partial charge < -0.3 is 9.47 Å². The zero-order valence-electron chi connectivity index (χ0n) is 15.2. The molecule has 0 spiro atoms. The highest BCUT2D eigenvalue weighted by molar-refractivity contribution is 7.91. The second-order valence-corrected chi connectivity index (χ2v) is 7.92. The number of rotatable bonds is 9. The molecular formula is C18H26O6S. The molecule has 1 unspecified atom stereocenters. The number of carbonyl (C=O) groups is 2. The van der Waals surface area contributed by atoms with Crippen LogP contribution in [0.2, 0.25) is 0 Å². The third kappa shape index (κ3) is 5.56. The standard InChI is InChI=1S/C18H26O6S/c1-5-7-8-13(6-2)12-25(21,22)14-9-10-15(17(19)23-3)16(11-14)18(20)24-4/h9-11,13H,5-8,12H2,1-4H3. The van der Waals surface area contributed by atoms with Gasteiger partial charge in [-0.15, -0.1) is 0 Å². The van der Waals surface area contributed by atoms with Gasteiger partial charge in [0.1, 0.15) is 0 Å². The lowest BCUT2D eigenvalue weighted by atomic mass is 10.0. The molecule has 0 heterocycles. The van der Waals surface area contributed by atoms with Gasteiger partial charge in [-0.1, -0.05) is 33.1 Å². The molecule has 1 atom stereocenters. The molecule has 140 valence electrons.